The van der Waals surface area contributed by atoms with Crippen LogP contribution in [0.4, 0.5) is 18.9 Å². The minimum Gasteiger partial charge on any atom is -0.324 e. The molecule has 3 aromatic carbocycles. The van der Waals surface area contributed by atoms with Gasteiger partial charge in [0, 0.05) is 11.3 Å². The van der Waals surface area contributed by atoms with Crippen LogP contribution in [0.15, 0.2) is 66.7 Å². The molecule has 0 spiro atoms. The quantitative estimate of drug-likeness (QED) is 0.703. The smallest absolute Gasteiger partial charge is 0.261 e. The van der Waals surface area contributed by atoms with Crippen LogP contribution in [-0.2, 0) is 4.79 Å². The van der Waals surface area contributed by atoms with Crippen molar-refractivity contribution >= 4 is 17.5 Å². The number of hydrogen-bond acceptors (Lipinski definition) is 2. The Morgan fingerprint density at radius 3 is 2.31 bits per heavy atom. The van der Waals surface area contributed by atoms with Crippen LogP contribution in [0.3, 0.4) is 0 Å². The molecule has 4 rings (SSSR count). The van der Waals surface area contributed by atoms with Crippen LogP contribution in [0.25, 0.3) is 0 Å². The molecule has 0 saturated heterocycles. The number of nitrogens with zero attached hydrogens (tertiary/aromatic N) is 1. The lowest BCUT2D eigenvalue weighted by molar-refractivity contribution is -0.117. The summed E-state index contributed by atoms with van der Waals surface area (Å²) < 4.78 is 42.6. The molecule has 1 heterocycles. The van der Waals surface area contributed by atoms with Crippen molar-refractivity contribution in [1.82, 2.24) is 4.90 Å². The van der Waals surface area contributed by atoms with E-state index in [9.17, 15) is 22.8 Å². The van der Waals surface area contributed by atoms with Gasteiger partial charge in [-0.25, -0.2) is 13.2 Å². The van der Waals surface area contributed by atoms with E-state index in [1.165, 1.54) is 18.2 Å². The van der Waals surface area contributed by atoms with Crippen molar-refractivity contribution in [2.45, 2.75) is 6.04 Å². The number of amides is 2. The first-order chi connectivity index (χ1) is 14.0. The Bertz CT molecular complexity index is 1080. The van der Waals surface area contributed by atoms with E-state index in [-0.39, 0.29) is 0 Å². The largest absolute Gasteiger partial charge is 0.324 e. The molecule has 0 bridgehead atoms. The first-order valence-corrected chi connectivity index (χ1v) is 8.85. The molecule has 0 radical (unpaired) electrons. The van der Waals surface area contributed by atoms with Gasteiger partial charge in [-0.1, -0.05) is 36.4 Å². The summed E-state index contributed by atoms with van der Waals surface area (Å²) in [6.07, 6.45) is 0. The van der Waals surface area contributed by atoms with Crippen LogP contribution in [0.2, 0.25) is 0 Å². The third-order valence-corrected chi connectivity index (χ3v) is 4.76. The number of fused-ring (bicyclic) bond motifs is 1. The van der Waals surface area contributed by atoms with Crippen LogP contribution in [0.1, 0.15) is 27.5 Å². The standard InChI is InChI=1S/C22H15F3N2O2/c23-14-9-10-18-15(11-14)21(13-5-2-1-3-6-13)27(12-19(28)26-18)22(29)20-16(24)7-4-8-17(20)25/h1-11,21H,12H2,(H,26,28)/t21-/m1/s1. The van der Waals surface area contributed by atoms with Crippen molar-refractivity contribution in [1.29, 1.82) is 0 Å². The van der Waals surface area contributed by atoms with Crippen LogP contribution in [0, 0.1) is 17.5 Å². The van der Waals surface area contributed by atoms with Gasteiger partial charge in [-0.3, -0.25) is 9.59 Å². The second-order valence-corrected chi connectivity index (χ2v) is 6.62. The number of carbonyl (C=O) groups is 2. The van der Waals surface area contributed by atoms with Crippen LogP contribution >= 0.6 is 0 Å². The SMILES string of the molecule is O=C1CN(C(=O)c2c(F)cccc2F)[C@H](c2ccccc2)c2cc(F)ccc2N1. The number of hydrogen-bond donors (Lipinski definition) is 1. The van der Waals surface area contributed by atoms with E-state index in [4.69, 9.17) is 0 Å². The number of carbonyl (C=O) groups excluding carboxylic acids is 2. The Balaban J connectivity index is 1.93. The highest BCUT2D eigenvalue weighted by atomic mass is 19.1. The molecule has 2 amide bonds. The lowest BCUT2D eigenvalue weighted by Crippen LogP contribution is -2.39. The van der Waals surface area contributed by atoms with E-state index in [0.29, 0.717) is 16.8 Å². The van der Waals surface area contributed by atoms with Crippen molar-refractivity contribution in [3.8, 4) is 0 Å². The molecule has 1 aliphatic heterocycles. The predicted molar refractivity (Wildman–Crippen MR) is 101 cm³/mol. The van der Waals surface area contributed by atoms with Gasteiger partial charge < -0.3 is 10.2 Å². The molecule has 1 N–H and O–H groups in total. The summed E-state index contributed by atoms with van der Waals surface area (Å²) in [5.41, 5.74) is 0.448. The maximum Gasteiger partial charge on any atom is 0.261 e. The molecule has 29 heavy (non-hydrogen) atoms. The number of rotatable bonds is 2. The van der Waals surface area contributed by atoms with E-state index in [2.05, 4.69) is 5.32 Å². The third kappa shape index (κ3) is 3.47. The fraction of sp³-hybridized carbons (Fsp3) is 0.0909. The summed E-state index contributed by atoms with van der Waals surface area (Å²) in [6.45, 7) is -0.456. The van der Waals surface area contributed by atoms with Gasteiger partial charge in [0.25, 0.3) is 5.91 Å². The highest BCUT2D eigenvalue weighted by Crippen LogP contribution is 2.37. The first kappa shape index (κ1) is 18.7. The average molecular weight is 396 g/mol. The van der Waals surface area contributed by atoms with Crippen molar-refractivity contribution in [3.63, 3.8) is 0 Å². The lowest BCUT2D eigenvalue weighted by atomic mass is 9.95. The van der Waals surface area contributed by atoms with Crippen LogP contribution in [0.5, 0.6) is 0 Å². The number of halogens is 3. The van der Waals surface area contributed by atoms with E-state index in [1.807, 2.05) is 0 Å². The minimum absolute atomic E-state index is 0.312. The fourth-order valence-electron chi connectivity index (χ4n) is 3.51. The van der Waals surface area contributed by atoms with E-state index < -0.39 is 47.4 Å². The molecule has 3 aromatic rings. The van der Waals surface area contributed by atoms with Gasteiger partial charge in [-0.15, -0.1) is 0 Å². The molecule has 0 aromatic heterocycles. The fourth-order valence-corrected chi connectivity index (χ4v) is 3.51. The highest BCUT2D eigenvalue weighted by molar-refractivity contribution is 6.01. The third-order valence-electron chi connectivity index (χ3n) is 4.76. The van der Waals surface area contributed by atoms with Gasteiger partial charge in [0.1, 0.15) is 29.6 Å². The van der Waals surface area contributed by atoms with Crippen molar-refractivity contribution < 1.29 is 22.8 Å². The molecule has 146 valence electrons. The van der Waals surface area contributed by atoms with Gasteiger partial charge >= 0.3 is 0 Å². The second kappa shape index (κ2) is 7.43. The monoisotopic (exact) mass is 396 g/mol. The van der Waals surface area contributed by atoms with Crippen molar-refractivity contribution in [2.24, 2.45) is 0 Å². The normalized spacial score (nSPS) is 16.0. The molecule has 1 aliphatic rings. The second-order valence-electron chi connectivity index (χ2n) is 6.62. The zero-order chi connectivity index (χ0) is 20.5. The Hall–Kier alpha value is -3.61. The van der Waals surface area contributed by atoms with Gasteiger partial charge in [0.2, 0.25) is 5.91 Å². The topological polar surface area (TPSA) is 49.4 Å². The zero-order valence-electron chi connectivity index (χ0n) is 15.0. The molecule has 0 fully saturated rings. The van der Waals surface area contributed by atoms with Crippen molar-refractivity contribution in [2.75, 3.05) is 11.9 Å². The van der Waals surface area contributed by atoms with Gasteiger partial charge in [0.15, 0.2) is 0 Å². The highest BCUT2D eigenvalue weighted by Gasteiger charge is 2.36. The predicted octanol–water partition coefficient (Wildman–Crippen LogP) is 4.29. The summed E-state index contributed by atoms with van der Waals surface area (Å²) in [5, 5.41) is 2.63. The summed E-state index contributed by atoms with van der Waals surface area (Å²) in [6, 6.07) is 14.6. The minimum atomic E-state index is -1.04. The average Bonchev–Trinajstić information content (AvgIpc) is 2.84. The van der Waals surface area contributed by atoms with E-state index in [1.54, 1.807) is 30.3 Å². The molecule has 1 atom stereocenters. The maximum atomic E-state index is 14.3. The molecule has 0 saturated carbocycles. The molecular weight excluding hydrogens is 381 g/mol. The number of benzene rings is 3. The molecule has 0 unspecified atom stereocenters. The Morgan fingerprint density at radius 2 is 1.62 bits per heavy atom. The summed E-state index contributed by atoms with van der Waals surface area (Å²) in [7, 11) is 0. The Kier molecular flexibility index (Phi) is 4.80. The Morgan fingerprint density at radius 1 is 0.931 bits per heavy atom. The van der Waals surface area contributed by atoms with E-state index >= 15 is 0 Å². The first-order valence-electron chi connectivity index (χ1n) is 8.85. The Labute approximate surface area is 164 Å². The lowest BCUT2D eigenvalue weighted by Gasteiger charge is -2.30. The molecule has 0 aliphatic carbocycles. The summed E-state index contributed by atoms with van der Waals surface area (Å²) in [5.74, 6) is -4.19. The number of nitrogens with one attached hydrogen (secondary N) is 1. The summed E-state index contributed by atoms with van der Waals surface area (Å²) >= 11 is 0. The van der Waals surface area contributed by atoms with E-state index in [0.717, 1.165) is 23.1 Å². The molecule has 4 nitrogen and oxygen atoms in total. The summed E-state index contributed by atoms with van der Waals surface area (Å²) in [4.78, 5) is 26.7. The van der Waals surface area contributed by atoms with Gasteiger partial charge in [-0.05, 0) is 35.9 Å². The number of anilines is 1. The molecule has 7 heteroatoms. The zero-order valence-corrected chi connectivity index (χ0v) is 15.0. The van der Waals surface area contributed by atoms with Crippen LogP contribution < -0.4 is 5.32 Å². The van der Waals surface area contributed by atoms with Crippen LogP contribution in [-0.4, -0.2) is 23.3 Å². The molecular formula is C22H15F3N2O2. The van der Waals surface area contributed by atoms with Gasteiger partial charge in [0.05, 0.1) is 6.04 Å². The van der Waals surface area contributed by atoms with Crippen molar-refractivity contribution in [3.05, 3.63) is 101 Å². The van der Waals surface area contributed by atoms with Gasteiger partial charge in [-0.2, -0.15) is 0 Å². The maximum absolute atomic E-state index is 14.3.